The molecule has 0 aromatic carbocycles. The van der Waals surface area contributed by atoms with Crippen LogP contribution < -0.4 is 0 Å². The summed E-state index contributed by atoms with van der Waals surface area (Å²) in [7, 11) is 0. The standard InChI is InChI=1S/C6H3BrF3NS/c7-5-3(6(8,9)10)1-11-2-4(5)12/h1-2,12H. The van der Waals surface area contributed by atoms with E-state index in [0.717, 1.165) is 6.20 Å². The Bertz CT molecular complexity index is 299. The number of aromatic nitrogens is 1. The van der Waals surface area contributed by atoms with E-state index in [-0.39, 0.29) is 9.37 Å². The second-order valence-corrected chi connectivity index (χ2v) is 3.29. The van der Waals surface area contributed by atoms with Gasteiger partial charge in [-0.05, 0) is 15.9 Å². The lowest BCUT2D eigenvalue weighted by atomic mass is 10.3. The average molecular weight is 258 g/mol. The van der Waals surface area contributed by atoms with Gasteiger partial charge in [0.2, 0.25) is 0 Å². The topological polar surface area (TPSA) is 12.9 Å². The van der Waals surface area contributed by atoms with Crippen LogP contribution in [0.15, 0.2) is 21.8 Å². The number of rotatable bonds is 0. The van der Waals surface area contributed by atoms with E-state index < -0.39 is 11.7 Å². The second kappa shape index (κ2) is 3.26. The van der Waals surface area contributed by atoms with Crippen molar-refractivity contribution in [2.24, 2.45) is 0 Å². The largest absolute Gasteiger partial charge is 0.419 e. The summed E-state index contributed by atoms with van der Waals surface area (Å²) in [5.74, 6) is 0. The first kappa shape index (κ1) is 9.85. The Morgan fingerprint density at radius 1 is 1.33 bits per heavy atom. The third kappa shape index (κ3) is 1.92. The molecule has 0 aliphatic heterocycles. The van der Waals surface area contributed by atoms with Crippen molar-refractivity contribution in [3.63, 3.8) is 0 Å². The molecule has 1 aromatic rings. The summed E-state index contributed by atoms with van der Waals surface area (Å²) < 4.78 is 36.3. The molecule has 6 heteroatoms. The molecule has 0 amide bonds. The highest BCUT2D eigenvalue weighted by molar-refractivity contribution is 9.10. The molecule has 1 nitrogen and oxygen atoms in total. The molecule has 0 saturated carbocycles. The molecule has 66 valence electrons. The number of alkyl halides is 3. The Morgan fingerprint density at radius 2 is 1.92 bits per heavy atom. The summed E-state index contributed by atoms with van der Waals surface area (Å²) in [6.07, 6.45) is -2.39. The first-order valence-electron chi connectivity index (χ1n) is 2.82. The Balaban J connectivity index is 3.26. The van der Waals surface area contributed by atoms with Gasteiger partial charge in [0.25, 0.3) is 0 Å². The number of nitrogens with zero attached hydrogens (tertiary/aromatic N) is 1. The van der Waals surface area contributed by atoms with Crippen molar-refractivity contribution in [2.45, 2.75) is 11.1 Å². The number of pyridine rings is 1. The van der Waals surface area contributed by atoms with E-state index in [2.05, 4.69) is 33.5 Å². The Labute approximate surface area is 80.5 Å². The lowest BCUT2D eigenvalue weighted by molar-refractivity contribution is -0.138. The van der Waals surface area contributed by atoms with Crippen LogP contribution in [0.4, 0.5) is 13.2 Å². The van der Waals surface area contributed by atoms with Crippen molar-refractivity contribution >= 4 is 28.6 Å². The third-order valence-corrected chi connectivity index (χ3v) is 2.67. The van der Waals surface area contributed by atoms with E-state index in [1.165, 1.54) is 6.20 Å². The summed E-state index contributed by atoms with van der Waals surface area (Å²) in [5.41, 5.74) is -0.810. The fourth-order valence-electron chi connectivity index (χ4n) is 0.631. The van der Waals surface area contributed by atoms with Crippen molar-refractivity contribution in [1.29, 1.82) is 0 Å². The van der Waals surface area contributed by atoms with Gasteiger partial charge in [-0.15, -0.1) is 12.6 Å². The van der Waals surface area contributed by atoms with Gasteiger partial charge >= 0.3 is 6.18 Å². The van der Waals surface area contributed by atoms with Gasteiger partial charge in [0.05, 0.1) is 5.56 Å². The zero-order valence-corrected chi connectivity index (χ0v) is 8.04. The summed E-state index contributed by atoms with van der Waals surface area (Å²) in [6, 6.07) is 0. The van der Waals surface area contributed by atoms with Gasteiger partial charge in [0.1, 0.15) is 0 Å². The van der Waals surface area contributed by atoms with Gasteiger partial charge in [-0.2, -0.15) is 13.2 Å². The molecule has 0 aliphatic carbocycles. The minimum Gasteiger partial charge on any atom is -0.263 e. The van der Waals surface area contributed by atoms with E-state index in [1.54, 1.807) is 0 Å². The number of halogens is 4. The van der Waals surface area contributed by atoms with Crippen LogP contribution in [-0.2, 0) is 6.18 Å². The number of hydrogen-bond donors (Lipinski definition) is 1. The molecular formula is C6H3BrF3NS. The number of thiol groups is 1. The van der Waals surface area contributed by atoms with Crippen LogP contribution in [0, 0.1) is 0 Å². The van der Waals surface area contributed by atoms with E-state index in [4.69, 9.17) is 0 Å². The summed E-state index contributed by atoms with van der Waals surface area (Å²) in [4.78, 5) is 3.56. The van der Waals surface area contributed by atoms with Crippen molar-refractivity contribution < 1.29 is 13.2 Å². The van der Waals surface area contributed by atoms with Gasteiger partial charge in [0, 0.05) is 21.8 Å². The summed E-state index contributed by atoms with van der Waals surface area (Å²) in [5, 5.41) is 0. The minimum atomic E-state index is -4.38. The Kier molecular flexibility index (Phi) is 2.67. The molecule has 0 spiro atoms. The lowest BCUT2D eigenvalue weighted by Gasteiger charge is -2.08. The van der Waals surface area contributed by atoms with Crippen LogP contribution in [0.25, 0.3) is 0 Å². The van der Waals surface area contributed by atoms with Gasteiger partial charge in [-0.3, -0.25) is 4.98 Å². The van der Waals surface area contributed by atoms with Crippen molar-refractivity contribution in [2.75, 3.05) is 0 Å². The average Bonchev–Trinajstić information content (AvgIpc) is 1.92. The zero-order chi connectivity index (χ0) is 9.35. The maximum Gasteiger partial charge on any atom is 0.419 e. The highest BCUT2D eigenvalue weighted by Crippen LogP contribution is 2.36. The molecule has 1 heterocycles. The van der Waals surface area contributed by atoms with E-state index in [9.17, 15) is 13.2 Å². The van der Waals surface area contributed by atoms with Crippen LogP contribution in [0.2, 0.25) is 0 Å². The maximum absolute atomic E-state index is 12.1. The van der Waals surface area contributed by atoms with E-state index >= 15 is 0 Å². The van der Waals surface area contributed by atoms with Crippen molar-refractivity contribution in [3.05, 3.63) is 22.4 Å². The maximum atomic E-state index is 12.1. The fourth-order valence-corrected chi connectivity index (χ4v) is 1.25. The molecule has 0 N–H and O–H groups in total. The predicted molar refractivity (Wildman–Crippen MR) is 44.2 cm³/mol. The quantitative estimate of drug-likeness (QED) is 0.705. The molecule has 0 radical (unpaired) electrons. The third-order valence-electron chi connectivity index (χ3n) is 1.17. The van der Waals surface area contributed by atoms with E-state index in [1.807, 2.05) is 0 Å². The smallest absolute Gasteiger partial charge is 0.263 e. The Morgan fingerprint density at radius 3 is 2.33 bits per heavy atom. The Hall–Kier alpha value is -0.230. The molecule has 0 aliphatic rings. The van der Waals surface area contributed by atoms with E-state index in [0.29, 0.717) is 0 Å². The zero-order valence-electron chi connectivity index (χ0n) is 5.56. The van der Waals surface area contributed by atoms with Crippen LogP contribution in [0.5, 0.6) is 0 Å². The SMILES string of the molecule is FC(F)(F)c1cncc(S)c1Br. The molecular weight excluding hydrogens is 255 g/mol. The van der Waals surface area contributed by atoms with Gasteiger partial charge in [-0.25, -0.2) is 0 Å². The first-order valence-corrected chi connectivity index (χ1v) is 4.06. The molecule has 0 fully saturated rings. The predicted octanol–water partition coefficient (Wildman–Crippen LogP) is 3.15. The molecule has 12 heavy (non-hydrogen) atoms. The minimum absolute atomic E-state index is 0.0756. The normalized spacial score (nSPS) is 11.8. The number of hydrogen-bond acceptors (Lipinski definition) is 2. The van der Waals surface area contributed by atoms with Gasteiger partial charge in [-0.1, -0.05) is 0 Å². The van der Waals surface area contributed by atoms with Crippen LogP contribution in [-0.4, -0.2) is 4.98 Å². The molecule has 0 unspecified atom stereocenters. The molecule has 0 saturated heterocycles. The van der Waals surface area contributed by atoms with Crippen molar-refractivity contribution in [3.8, 4) is 0 Å². The first-order chi connectivity index (χ1) is 5.43. The lowest BCUT2D eigenvalue weighted by Crippen LogP contribution is -2.06. The fraction of sp³-hybridized carbons (Fsp3) is 0.167. The van der Waals surface area contributed by atoms with Crippen LogP contribution in [0.1, 0.15) is 5.56 Å². The highest BCUT2D eigenvalue weighted by atomic mass is 79.9. The van der Waals surface area contributed by atoms with Gasteiger partial charge in [0.15, 0.2) is 0 Å². The molecule has 0 atom stereocenters. The van der Waals surface area contributed by atoms with Crippen molar-refractivity contribution in [1.82, 2.24) is 4.98 Å². The monoisotopic (exact) mass is 257 g/mol. The summed E-state index contributed by atoms with van der Waals surface area (Å²) in [6.45, 7) is 0. The summed E-state index contributed by atoms with van der Waals surface area (Å²) >= 11 is 6.57. The molecule has 0 bridgehead atoms. The molecule has 1 aromatic heterocycles. The second-order valence-electron chi connectivity index (χ2n) is 2.02. The highest BCUT2D eigenvalue weighted by Gasteiger charge is 2.33. The van der Waals surface area contributed by atoms with Gasteiger partial charge < -0.3 is 0 Å². The van der Waals surface area contributed by atoms with Crippen LogP contribution >= 0.6 is 28.6 Å². The molecule has 1 rings (SSSR count). The van der Waals surface area contributed by atoms with Crippen LogP contribution in [0.3, 0.4) is 0 Å².